The van der Waals surface area contributed by atoms with Crippen LogP contribution < -0.4 is 81.5 Å². The van der Waals surface area contributed by atoms with Gasteiger partial charge in [-0.1, -0.05) is 91.8 Å². The first-order valence-electron chi connectivity index (χ1n) is 17.7. The number of rotatable bonds is 4. The SMILES string of the molecule is [B]/C(C#C)=C([B])/C([B])=C1\CC(c2c([B])c([B])c([B])c3c2C([B])c2c-3c([B])c3c([B])c([B])c([B])c([B])c3c2CC)=c2c([B])c([B])c([B])c([B])c2=C1c1ccc([B])cc1. The van der Waals surface area contributed by atoms with Crippen molar-refractivity contribution in [2.75, 3.05) is 0 Å². The first-order valence-corrected chi connectivity index (χ1v) is 17.7. The first-order chi connectivity index (χ1) is 26.8. The first kappa shape index (κ1) is 41.4. The van der Waals surface area contributed by atoms with Crippen LogP contribution in [0.2, 0.25) is 0 Å². The molecule has 17 heteroatoms. The average molecular weight is 677 g/mol. The van der Waals surface area contributed by atoms with E-state index in [1.54, 1.807) is 24.3 Å². The highest BCUT2D eigenvalue weighted by Gasteiger charge is 2.37. The van der Waals surface area contributed by atoms with Crippen molar-refractivity contribution >= 4 is 226 Å². The second-order valence-electron chi connectivity index (χ2n) is 14.2. The number of aryl methyl sites for hydroxylation is 1. The van der Waals surface area contributed by atoms with Gasteiger partial charge < -0.3 is 0 Å². The summed E-state index contributed by atoms with van der Waals surface area (Å²) in [6.45, 7) is 1.94. The molecule has 34 radical (unpaired) electrons. The molecule has 5 aromatic rings. The molecule has 0 amide bonds. The molecule has 0 fully saturated rings. The Morgan fingerprint density at radius 2 is 1.09 bits per heavy atom. The smallest absolute Gasteiger partial charge is 0.116 e. The average Bonchev–Trinajstić information content (AvgIpc) is 3.50. The lowest BCUT2D eigenvalue weighted by Gasteiger charge is -2.32. The standard InChI is InChI=1S/C40H13B17/c1-3-12-17-22(29(46)25-18(12)30(47)37(54)40(57)35(25)52)24-23(28(17)45)20(31(48)36(53)34(24)51)13-9-14(26(43)27(44)15(42)4-2)16(10-5-7-11(41)8-6-10)21-19(13)32(49)38(55)39(56)33(21)50/h2,5-8,28H,3,9H2,1H3/b26-14-,27-15-. The lowest BCUT2D eigenvalue weighted by Crippen LogP contribution is -2.65. The highest BCUT2D eigenvalue weighted by Crippen LogP contribution is 2.48. The summed E-state index contributed by atoms with van der Waals surface area (Å²) in [4.78, 5) is 0. The fourth-order valence-electron chi connectivity index (χ4n) is 8.54. The van der Waals surface area contributed by atoms with E-state index in [0.717, 1.165) is 5.56 Å². The fraction of sp³-hybridized carbons (Fsp3) is 0.100. The number of hydrogen-bond donors (Lipinski definition) is 0. The molecule has 0 spiro atoms. The molecule has 57 heavy (non-hydrogen) atoms. The highest BCUT2D eigenvalue weighted by molar-refractivity contribution is 6.69. The molecule has 1 unspecified atom stereocenters. The molecule has 0 aliphatic heterocycles. The lowest BCUT2D eigenvalue weighted by atomic mass is 9.59. The van der Waals surface area contributed by atoms with Gasteiger partial charge in [-0.3, -0.25) is 0 Å². The van der Waals surface area contributed by atoms with Crippen LogP contribution >= 0.6 is 0 Å². The second kappa shape index (κ2) is 14.8. The topological polar surface area (TPSA) is 0 Å². The third kappa shape index (κ3) is 5.84. The van der Waals surface area contributed by atoms with Gasteiger partial charge in [0, 0.05) is 0 Å². The van der Waals surface area contributed by atoms with Crippen LogP contribution in [0.5, 0.6) is 0 Å². The van der Waals surface area contributed by atoms with Crippen LogP contribution in [0, 0.1) is 12.3 Å². The Morgan fingerprint density at radius 3 is 1.65 bits per heavy atom. The van der Waals surface area contributed by atoms with Gasteiger partial charge in [0.05, 0.1) is 7.85 Å². The summed E-state index contributed by atoms with van der Waals surface area (Å²) in [5.41, 5.74) is 6.80. The van der Waals surface area contributed by atoms with Crippen LogP contribution in [0.4, 0.5) is 0 Å². The van der Waals surface area contributed by atoms with E-state index in [0.29, 0.717) is 83.2 Å². The molecule has 7 rings (SSSR count). The van der Waals surface area contributed by atoms with Crippen molar-refractivity contribution in [1.29, 1.82) is 0 Å². The fourth-order valence-corrected chi connectivity index (χ4v) is 8.54. The molecular weight excluding hydrogens is 664 g/mol. The van der Waals surface area contributed by atoms with E-state index in [2.05, 4.69) is 5.92 Å². The number of terminal acetylenes is 1. The largest absolute Gasteiger partial charge is 0.125 e. The zero-order valence-electron chi connectivity index (χ0n) is 31.2. The Kier molecular flexibility index (Phi) is 10.8. The Labute approximate surface area is 357 Å². The molecule has 0 bridgehead atoms. The Bertz CT molecular complexity index is 2930. The summed E-state index contributed by atoms with van der Waals surface area (Å²) < 4.78 is 0. The maximum atomic E-state index is 7.35. The molecule has 0 saturated carbocycles. The van der Waals surface area contributed by atoms with Gasteiger partial charge in [-0.05, 0) is 95.5 Å². The predicted octanol–water partition coefficient (Wildman–Crippen LogP) is -9.63. The summed E-state index contributed by atoms with van der Waals surface area (Å²) in [6, 6.07) is 7.00. The molecule has 2 aliphatic carbocycles. The molecule has 0 N–H and O–H groups in total. The van der Waals surface area contributed by atoms with Gasteiger partial charge in [-0.2, -0.15) is 0 Å². The summed E-state index contributed by atoms with van der Waals surface area (Å²) in [7, 11) is 114. The van der Waals surface area contributed by atoms with Crippen molar-refractivity contribution in [3.05, 3.63) is 84.5 Å². The van der Waals surface area contributed by atoms with E-state index in [1.807, 2.05) is 6.92 Å². The molecule has 5 aromatic carbocycles. The van der Waals surface area contributed by atoms with Crippen LogP contribution in [0.15, 0.2) is 46.3 Å². The predicted molar refractivity (Wildman–Crippen MR) is 258 cm³/mol. The third-order valence-corrected chi connectivity index (χ3v) is 11.4. The van der Waals surface area contributed by atoms with Crippen LogP contribution in [-0.4, -0.2) is 133 Å². The van der Waals surface area contributed by atoms with E-state index in [1.165, 1.54) is 0 Å². The molecule has 0 aromatic heterocycles. The van der Waals surface area contributed by atoms with Gasteiger partial charge in [0.15, 0.2) is 0 Å². The summed E-state index contributed by atoms with van der Waals surface area (Å²) in [6.07, 6.45) is 6.09. The van der Waals surface area contributed by atoms with E-state index in [4.69, 9.17) is 140 Å². The summed E-state index contributed by atoms with van der Waals surface area (Å²) in [5, 5.41) is 1.68. The van der Waals surface area contributed by atoms with Crippen LogP contribution in [0.3, 0.4) is 0 Å². The van der Waals surface area contributed by atoms with E-state index < -0.39 is 5.82 Å². The molecule has 2 aliphatic rings. The molecule has 224 valence electrons. The van der Waals surface area contributed by atoms with E-state index in [-0.39, 0.29) is 88.4 Å². The van der Waals surface area contributed by atoms with E-state index >= 15 is 0 Å². The highest BCUT2D eigenvalue weighted by atomic mass is 14.4. The zero-order chi connectivity index (χ0) is 41.8. The zero-order valence-corrected chi connectivity index (χ0v) is 31.2. The number of benzene rings is 5. The molecule has 0 heterocycles. The quantitative estimate of drug-likeness (QED) is 0.131. The van der Waals surface area contributed by atoms with Gasteiger partial charge in [0.25, 0.3) is 0 Å². The molecule has 1 atom stereocenters. The van der Waals surface area contributed by atoms with Gasteiger partial charge in [-0.15, -0.1) is 39.2 Å². The monoisotopic (exact) mass is 680 g/mol. The van der Waals surface area contributed by atoms with Crippen LogP contribution in [0.1, 0.15) is 47.0 Å². The number of hydrogen-bond acceptors (Lipinski definition) is 0. The molecule has 0 nitrogen and oxygen atoms in total. The van der Waals surface area contributed by atoms with E-state index in [9.17, 15) is 0 Å². The van der Waals surface area contributed by atoms with Crippen LogP contribution in [0.25, 0.3) is 33.0 Å². The second-order valence-corrected chi connectivity index (χ2v) is 14.2. The molecule has 0 saturated heterocycles. The minimum Gasteiger partial charge on any atom is -0.116 e. The Morgan fingerprint density at radius 1 is 0.596 bits per heavy atom. The van der Waals surface area contributed by atoms with Gasteiger partial charge in [-0.25, -0.2) is 0 Å². The number of fused-ring (bicyclic) bond motifs is 5. The minimum atomic E-state index is -0.925. The van der Waals surface area contributed by atoms with Crippen molar-refractivity contribution in [3.63, 3.8) is 0 Å². The lowest BCUT2D eigenvalue weighted by molar-refractivity contribution is 1.08. The number of allylic oxidation sites excluding steroid dienone is 4. The maximum absolute atomic E-state index is 7.35. The van der Waals surface area contributed by atoms with Gasteiger partial charge >= 0.3 is 0 Å². The minimum absolute atomic E-state index is 0.0157. The van der Waals surface area contributed by atoms with Crippen LogP contribution in [-0.2, 0) is 6.42 Å². The maximum Gasteiger partial charge on any atom is 0.125 e. The van der Waals surface area contributed by atoms with Gasteiger partial charge in [0.2, 0.25) is 0 Å². The normalized spacial score (nSPS) is 15.8. The summed E-state index contributed by atoms with van der Waals surface area (Å²) >= 11 is 0. The summed E-state index contributed by atoms with van der Waals surface area (Å²) in [5.74, 6) is 1.43. The third-order valence-electron chi connectivity index (χ3n) is 11.4. The Hall–Kier alpha value is -3.76. The van der Waals surface area contributed by atoms with Crippen molar-refractivity contribution in [2.45, 2.75) is 25.6 Å². The van der Waals surface area contributed by atoms with Crippen molar-refractivity contribution in [3.8, 4) is 23.5 Å². The van der Waals surface area contributed by atoms with Crippen molar-refractivity contribution in [1.82, 2.24) is 0 Å². The van der Waals surface area contributed by atoms with Gasteiger partial charge in [0.1, 0.15) is 126 Å². The molecular formula is C40H13B17. The van der Waals surface area contributed by atoms with Crippen molar-refractivity contribution in [2.24, 2.45) is 0 Å². The van der Waals surface area contributed by atoms with Crippen molar-refractivity contribution < 1.29 is 0 Å². The Balaban J connectivity index is 1.77.